The van der Waals surface area contributed by atoms with Crippen molar-refractivity contribution in [3.8, 4) is 0 Å². The Hall–Kier alpha value is -0.520. The highest BCUT2D eigenvalue weighted by atomic mass is 35.5. The summed E-state index contributed by atoms with van der Waals surface area (Å²) in [6, 6.07) is 11.9. The first-order chi connectivity index (χ1) is 14.9. The second-order valence-corrected chi connectivity index (χ2v) is 10.0. The Morgan fingerprint density at radius 3 is 1.74 bits per heavy atom. The summed E-state index contributed by atoms with van der Waals surface area (Å²) in [4.78, 5) is 2.39. The first-order valence-corrected chi connectivity index (χ1v) is 12.3. The third kappa shape index (κ3) is 7.23. The molecule has 170 valence electrons. The van der Waals surface area contributed by atoms with Crippen molar-refractivity contribution in [2.45, 2.75) is 63.1 Å². The Bertz CT molecular complexity index is 800. The van der Waals surface area contributed by atoms with Gasteiger partial charge in [-0.2, -0.15) is 0 Å². The summed E-state index contributed by atoms with van der Waals surface area (Å²) in [6.45, 7) is 0.233. The van der Waals surface area contributed by atoms with E-state index in [0.717, 1.165) is 56.1 Å². The lowest BCUT2D eigenvalue weighted by Gasteiger charge is -2.43. The quantitative estimate of drug-likeness (QED) is 0.412. The lowest BCUT2D eigenvalue weighted by atomic mass is 9.88. The van der Waals surface area contributed by atoms with Gasteiger partial charge in [-0.05, 0) is 73.9 Å². The third-order valence-electron chi connectivity index (χ3n) is 6.17. The fraction of sp³-hybridized carbons (Fsp3) is 0.500. The van der Waals surface area contributed by atoms with Gasteiger partial charge in [0, 0.05) is 38.7 Å². The monoisotopic (exact) mass is 503 g/mol. The second kappa shape index (κ2) is 12.1. The molecule has 0 saturated carbocycles. The van der Waals surface area contributed by atoms with Crippen molar-refractivity contribution in [1.82, 2.24) is 4.90 Å². The van der Waals surface area contributed by atoms with Gasteiger partial charge in [0.1, 0.15) is 0 Å². The van der Waals surface area contributed by atoms with Crippen LogP contribution in [-0.2, 0) is 12.8 Å². The van der Waals surface area contributed by atoms with E-state index in [1.807, 2.05) is 24.3 Å². The van der Waals surface area contributed by atoms with Crippen molar-refractivity contribution >= 4 is 46.4 Å². The zero-order valence-electron chi connectivity index (χ0n) is 17.4. The normalized spacial score (nSPS) is 20.7. The molecule has 0 radical (unpaired) electrons. The minimum Gasteiger partial charge on any atom is -0.394 e. The lowest BCUT2D eigenvalue weighted by Crippen LogP contribution is -2.50. The molecule has 3 nitrogen and oxygen atoms in total. The van der Waals surface area contributed by atoms with E-state index < -0.39 is 6.10 Å². The number of benzene rings is 2. The highest BCUT2D eigenvalue weighted by molar-refractivity contribution is 6.35. The first kappa shape index (κ1) is 25.1. The van der Waals surface area contributed by atoms with Crippen LogP contribution in [0.25, 0.3) is 0 Å². The van der Waals surface area contributed by atoms with Crippen LogP contribution in [0.3, 0.4) is 0 Å². The van der Waals surface area contributed by atoms with E-state index in [1.165, 1.54) is 0 Å². The molecule has 1 aliphatic heterocycles. The van der Waals surface area contributed by atoms with Crippen molar-refractivity contribution in [2.24, 2.45) is 0 Å². The number of piperidine rings is 1. The van der Waals surface area contributed by atoms with Gasteiger partial charge < -0.3 is 10.2 Å². The molecule has 0 bridgehead atoms. The summed E-state index contributed by atoms with van der Waals surface area (Å²) >= 11 is 24.8. The molecule has 1 fully saturated rings. The number of aliphatic hydroxyl groups is 2. The maximum Gasteiger partial charge on any atom is 0.0897 e. The largest absolute Gasteiger partial charge is 0.394 e. The Morgan fingerprint density at radius 2 is 1.32 bits per heavy atom. The highest BCUT2D eigenvalue weighted by Gasteiger charge is 2.31. The Kier molecular flexibility index (Phi) is 9.79. The number of nitrogens with zero attached hydrogens (tertiary/aromatic N) is 1. The van der Waals surface area contributed by atoms with Crippen LogP contribution in [0.4, 0.5) is 0 Å². The average Bonchev–Trinajstić information content (AvgIpc) is 2.73. The molecule has 3 rings (SSSR count). The predicted molar refractivity (Wildman–Crippen MR) is 131 cm³/mol. The maximum absolute atomic E-state index is 10.2. The van der Waals surface area contributed by atoms with Crippen LogP contribution < -0.4 is 0 Å². The van der Waals surface area contributed by atoms with Crippen molar-refractivity contribution in [3.05, 3.63) is 67.6 Å². The van der Waals surface area contributed by atoms with Gasteiger partial charge in [-0.25, -0.2) is 0 Å². The van der Waals surface area contributed by atoms with Crippen molar-refractivity contribution in [1.29, 1.82) is 0 Å². The van der Waals surface area contributed by atoms with E-state index in [0.29, 0.717) is 38.7 Å². The fourth-order valence-corrected chi connectivity index (χ4v) is 5.54. The Morgan fingerprint density at radius 1 is 0.839 bits per heavy atom. The van der Waals surface area contributed by atoms with Gasteiger partial charge in [0.2, 0.25) is 0 Å². The molecule has 1 heterocycles. The van der Waals surface area contributed by atoms with Gasteiger partial charge in [-0.15, -0.1) is 0 Å². The maximum atomic E-state index is 10.2. The van der Waals surface area contributed by atoms with Gasteiger partial charge in [-0.1, -0.05) is 65.0 Å². The molecule has 2 aromatic carbocycles. The molecule has 1 aliphatic rings. The van der Waals surface area contributed by atoms with E-state index in [2.05, 4.69) is 4.90 Å². The zero-order valence-corrected chi connectivity index (χ0v) is 20.4. The van der Waals surface area contributed by atoms with Crippen LogP contribution in [-0.4, -0.2) is 46.5 Å². The Labute approximate surface area is 204 Å². The minimum atomic E-state index is -0.749. The van der Waals surface area contributed by atoms with Gasteiger partial charge in [0.25, 0.3) is 0 Å². The molecule has 0 spiro atoms. The van der Waals surface area contributed by atoms with Crippen LogP contribution in [0.5, 0.6) is 0 Å². The molecule has 0 aromatic heterocycles. The summed E-state index contributed by atoms with van der Waals surface area (Å²) in [7, 11) is 0. The molecule has 31 heavy (non-hydrogen) atoms. The van der Waals surface area contributed by atoms with Crippen LogP contribution in [0.1, 0.15) is 43.2 Å². The van der Waals surface area contributed by atoms with E-state index in [1.54, 1.807) is 12.1 Å². The zero-order chi connectivity index (χ0) is 22.4. The van der Waals surface area contributed by atoms with Crippen LogP contribution >= 0.6 is 46.4 Å². The number of β-amino-alcohol motifs (C(OH)–C–C–N with tert-alkyl or cyclic N) is 1. The summed E-state index contributed by atoms with van der Waals surface area (Å²) in [5.41, 5.74) is 2.17. The molecule has 7 heteroatoms. The number of halogens is 4. The molecular weight excluding hydrogens is 476 g/mol. The van der Waals surface area contributed by atoms with Crippen LogP contribution in [0, 0.1) is 0 Å². The summed E-state index contributed by atoms with van der Waals surface area (Å²) in [6.07, 6.45) is 6.12. The fourth-order valence-electron chi connectivity index (χ4n) is 4.53. The molecule has 0 aliphatic carbocycles. The number of aliphatic hydroxyl groups excluding tert-OH is 2. The smallest absolute Gasteiger partial charge is 0.0897 e. The average molecular weight is 505 g/mol. The SMILES string of the molecule is OC[C@@H](O)CN1[C@@H](CCc2ccc(Cl)cc2Cl)CCC[C@H]1CCc1ccc(Cl)cc1Cl. The summed E-state index contributed by atoms with van der Waals surface area (Å²) in [5.74, 6) is 0. The van der Waals surface area contributed by atoms with Crippen molar-refractivity contribution in [2.75, 3.05) is 13.2 Å². The molecule has 1 saturated heterocycles. The first-order valence-electron chi connectivity index (χ1n) is 10.8. The third-order valence-corrected chi connectivity index (χ3v) is 7.34. The predicted octanol–water partition coefficient (Wildman–Crippen LogP) is 6.44. The Balaban J connectivity index is 1.68. The van der Waals surface area contributed by atoms with E-state index in [-0.39, 0.29) is 6.61 Å². The van der Waals surface area contributed by atoms with Crippen molar-refractivity contribution in [3.63, 3.8) is 0 Å². The van der Waals surface area contributed by atoms with E-state index in [4.69, 9.17) is 46.4 Å². The minimum absolute atomic E-state index is 0.234. The summed E-state index contributed by atoms with van der Waals surface area (Å²) < 4.78 is 0. The van der Waals surface area contributed by atoms with Gasteiger partial charge in [-0.3, -0.25) is 4.90 Å². The van der Waals surface area contributed by atoms with Gasteiger partial charge >= 0.3 is 0 Å². The second-order valence-electron chi connectivity index (χ2n) is 8.32. The number of hydrogen-bond donors (Lipinski definition) is 2. The van der Waals surface area contributed by atoms with Crippen molar-refractivity contribution < 1.29 is 10.2 Å². The van der Waals surface area contributed by atoms with E-state index >= 15 is 0 Å². The number of aryl methyl sites for hydroxylation is 2. The molecule has 0 amide bonds. The molecule has 0 unspecified atom stereocenters. The number of likely N-dealkylation sites (tertiary alicyclic amines) is 1. The van der Waals surface area contributed by atoms with Crippen LogP contribution in [0.2, 0.25) is 20.1 Å². The number of hydrogen-bond acceptors (Lipinski definition) is 3. The highest BCUT2D eigenvalue weighted by Crippen LogP contribution is 2.31. The topological polar surface area (TPSA) is 43.7 Å². The summed E-state index contributed by atoms with van der Waals surface area (Å²) in [5, 5.41) is 22.3. The molecule has 3 atom stereocenters. The lowest BCUT2D eigenvalue weighted by molar-refractivity contribution is 0.00214. The van der Waals surface area contributed by atoms with E-state index in [9.17, 15) is 10.2 Å². The standard InChI is InChI=1S/C24H29Cl4NO2/c25-18-8-4-16(23(27)12-18)6-10-20-2-1-3-21(29(20)14-22(31)15-30)11-7-17-5-9-19(26)13-24(17)28/h4-5,8-9,12-13,20-22,30-31H,1-3,6-7,10-11,14-15H2/t20-,21+,22-/m0/s1. The van der Waals surface area contributed by atoms with Gasteiger partial charge in [0.15, 0.2) is 0 Å². The number of rotatable bonds is 9. The molecule has 2 aromatic rings. The van der Waals surface area contributed by atoms with Crippen LogP contribution in [0.15, 0.2) is 36.4 Å². The molecule has 2 N–H and O–H groups in total. The van der Waals surface area contributed by atoms with Gasteiger partial charge in [0.05, 0.1) is 12.7 Å². The molecular formula is C24H29Cl4NO2.